The van der Waals surface area contributed by atoms with Crippen LogP contribution in [-0.2, 0) is 6.61 Å². The maximum Gasteiger partial charge on any atom is 0.343 e. The third-order valence-electron chi connectivity index (χ3n) is 2.56. The van der Waals surface area contributed by atoms with Crippen molar-refractivity contribution >= 4 is 17.6 Å². The van der Waals surface area contributed by atoms with Gasteiger partial charge in [-0.2, -0.15) is 0 Å². The van der Waals surface area contributed by atoms with Crippen molar-refractivity contribution < 1.29 is 14.6 Å². The van der Waals surface area contributed by atoms with Crippen molar-refractivity contribution in [3.63, 3.8) is 0 Å². The van der Waals surface area contributed by atoms with Crippen LogP contribution in [0.25, 0.3) is 0 Å². The molecule has 1 heterocycles. The Morgan fingerprint density at radius 3 is 2.68 bits per heavy atom. The summed E-state index contributed by atoms with van der Waals surface area (Å²) in [6.45, 7) is 1.57. The molecule has 5 heteroatoms. The van der Waals surface area contributed by atoms with E-state index in [4.69, 9.17) is 21.4 Å². The first-order valence-corrected chi connectivity index (χ1v) is 6.02. The lowest BCUT2D eigenvalue weighted by Crippen LogP contribution is -2.10. The summed E-state index contributed by atoms with van der Waals surface area (Å²) in [5.74, 6) is -0.150. The fraction of sp³-hybridized carbons (Fsp3) is 0.143. The first kappa shape index (κ1) is 13.5. The number of carbonyl (C=O) groups is 1. The van der Waals surface area contributed by atoms with Gasteiger partial charge in [-0.05, 0) is 42.8 Å². The fourth-order valence-electron chi connectivity index (χ4n) is 1.49. The molecule has 0 amide bonds. The third-order valence-corrected chi connectivity index (χ3v) is 2.81. The number of carbonyl (C=O) groups excluding carboxylic acids is 1. The normalized spacial score (nSPS) is 10.3. The number of benzene rings is 1. The van der Waals surface area contributed by atoms with E-state index in [0.29, 0.717) is 27.6 Å². The van der Waals surface area contributed by atoms with E-state index in [1.165, 1.54) is 6.20 Å². The maximum absolute atomic E-state index is 11.9. The highest BCUT2D eigenvalue weighted by atomic mass is 35.5. The largest absolute Gasteiger partial charge is 0.421 e. The second-order valence-electron chi connectivity index (χ2n) is 3.98. The van der Waals surface area contributed by atoms with Gasteiger partial charge < -0.3 is 9.84 Å². The number of halogens is 1. The number of rotatable bonds is 3. The Bertz CT molecular complexity index is 596. The predicted molar refractivity (Wildman–Crippen MR) is 71.3 cm³/mol. The topological polar surface area (TPSA) is 59.4 Å². The van der Waals surface area contributed by atoms with Crippen LogP contribution in [0, 0.1) is 6.92 Å². The lowest BCUT2D eigenvalue weighted by atomic mass is 10.2. The summed E-state index contributed by atoms with van der Waals surface area (Å²) in [4.78, 5) is 16.0. The van der Waals surface area contributed by atoms with E-state index in [0.717, 1.165) is 0 Å². The summed E-state index contributed by atoms with van der Waals surface area (Å²) >= 11 is 5.75. The van der Waals surface area contributed by atoms with Gasteiger partial charge >= 0.3 is 5.97 Å². The Hall–Kier alpha value is -1.91. The molecule has 2 aromatic rings. The van der Waals surface area contributed by atoms with Gasteiger partial charge in [0.05, 0.1) is 17.9 Å². The van der Waals surface area contributed by atoms with Crippen molar-refractivity contribution in [1.82, 2.24) is 4.98 Å². The first-order valence-electron chi connectivity index (χ1n) is 5.64. The molecule has 4 nitrogen and oxygen atoms in total. The van der Waals surface area contributed by atoms with Gasteiger partial charge in [-0.15, -0.1) is 0 Å². The molecule has 0 fully saturated rings. The zero-order valence-corrected chi connectivity index (χ0v) is 11.0. The van der Waals surface area contributed by atoms with Crippen LogP contribution in [0.3, 0.4) is 0 Å². The molecular weight excluding hydrogens is 266 g/mol. The van der Waals surface area contributed by atoms with Crippen LogP contribution in [0.1, 0.15) is 21.6 Å². The molecule has 1 N–H and O–H groups in total. The molecule has 0 aliphatic heterocycles. The maximum atomic E-state index is 11.9. The van der Waals surface area contributed by atoms with Crippen LogP contribution in [0.2, 0.25) is 5.02 Å². The zero-order valence-electron chi connectivity index (χ0n) is 10.3. The molecule has 0 aliphatic rings. The van der Waals surface area contributed by atoms with Gasteiger partial charge in [0.2, 0.25) is 0 Å². The van der Waals surface area contributed by atoms with Crippen LogP contribution in [0.15, 0.2) is 36.5 Å². The van der Waals surface area contributed by atoms with Crippen molar-refractivity contribution in [2.24, 2.45) is 0 Å². The van der Waals surface area contributed by atoms with Gasteiger partial charge in [0, 0.05) is 11.2 Å². The average molecular weight is 278 g/mol. The number of esters is 1. The zero-order chi connectivity index (χ0) is 13.8. The highest BCUT2D eigenvalue weighted by Gasteiger charge is 2.11. The minimum absolute atomic E-state index is 0.154. The van der Waals surface area contributed by atoms with Crippen molar-refractivity contribution in [2.45, 2.75) is 13.5 Å². The Balaban J connectivity index is 2.21. The van der Waals surface area contributed by atoms with Crippen LogP contribution in [0.4, 0.5) is 0 Å². The van der Waals surface area contributed by atoms with E-state index >= 15 is 0 Å². The smallest absolute Gasteiger partial charge is 0.343 e. The second-order valence-corrected chi connectivity index (χ2v) is 4.42. The fourth-order valence-corrected chi connectivity index (χ4v) is 1.61. The number of aliphatic hydroxyl groups is 1. The summed E-state index contributed by atoms with van der Waals surface area (Å²) < 4.78 is 5.26. The van der Waals surface area contributed by atoms with Crippen molar-refractivity contribution in [3.05, 3.63) is 58.4 Å². The van der Waals surface area contributed by atoms with E-state index in [9.17, 15) is 4.79 Å². The molecule has 1 aromatic carbocycles. The average Bonchev–Trinajstić information content (AvgIpc) is 2.42. The molecule has 0 bridgehead atoms. The molecule has 0 saturated heterocycles. The SMILES string of the molecule is Cc1ncc(CO)cc1OC(=O)c1ccc(Cl)cc1. The highest BCUT2D eigenvalue weighted by Crippen LogP contribution is 2.19. The Morgan fingerprint density at radius 2 is 2.05 bits per heavy atom. The number of pyridine rings is 1. The van der Waals surface area contributed by atoms with E-state index < -0.39 is 5.97 Å². The monoisotopic (exact) mass is 277 g/mol. The molecule has 0 radical (unpaired) electrons. The van der Waals surface area contributed by atoms with Gasteiger partial charge in [0.1, 0.15) is 0 Å². The predicted octanol–water partition coefficient (Wildman–Crippen LogP) is 2.75. The molecule has 19 heavy (non-hydrogen) atoms. The van der Waals surface area contributed by atoms with Gasteiger partial charge in [0.25, 0.3) is 0 Å². The number of ether oxygens (including phenoxy) is 1. The molecule has 0 aliphatic carbocycles. The first-order chi connectivity index (χ1) is 9.10. The molecule has 2 rings (SSSR count). The minimum atomic E-state index is -0.489. The Morgan fingerprint density at radius 1 is 1.37 bits per heavy atom. The summed E-state index contributed by atoms with van der Waals surface area (Å²) in [6.07, 6.45) is 1.54. The molecule has 0 spiro atoms. The van der Waals surface area contributed by atoms with Crippen molar-refractivity contribution in [3.8, 4) is 5.75 Å². The van der Waals surface area contributed by atoms with Crippen molar-refractivity contribution in [2.75, 3.05) is 0 Å². The lowest BCUT2D eigenvalue weighted by Gasteiger charge is -2.08. The van der Waals surface area contributed by atoms with Crippen molar-refractivity contribution in [1.29, 1.82) is 0 Å². The second kappa shape index (κ2) is 5.82. The number of hydrogen-bond acceptors (Lipinski definition) is 4. The third kappa shape index (κ3) is 3.30. The van der Waals surface area contributed by atoms with Crippen LogP contribution in [0.5, 0.6) is 5.75 Å². The lowest BCUT2D eigenvalue weighted by molar-refractivity contribution is 0.0732. The number of hydrogen-bond donors (Lipinski definition) is 1. The standard InChI is InChI=1S/C14H12ClNO3/c1-9-13(6-10(8-17)7-16-9)19-14(18)11-2-4-12(15)5-3-11/h2-7,17H,8H2,1H3. The number of nitrogens with zero attached hydrogens (tertiary/aromatic N) is 1. The van der Waals surface area contributed by atoms with Crippen LogP contribution >= 0.6 is 11.6 Å². The summed E-state index contributed by atoms with van der Waals surface area (Å²) in [7, 11) is 0. The Kier molecular flexibility index (Phi) is 4.14. The van der Waals surface area contributed by atoms with Gasteiger partial charge in [-0.1, -0.05) is 11.6 Å². The van der Waals surface area contributed by atoms with Gasteiger partial charge in [-0.3, -0.25) is 4.98 Å². The number of aryl methyl sites for hydroxylation is 1. The van der Waals surface area contributed by atoms with Crippen LogP contribution < -0.4 is 4.74 Å². The quantitative estimate of drug-likeness (QED) is 0.877. The van der Waals surface area contributed by atoms with Crippen LogP contribution in [-0.4, -0.2) is 16.1 Å². The van der Waals surface area contributed by atoms with E-state index in [1.54, 1.807) is 37.3 Å². The number of aromatic nitrogens is 1. The van der Waals surface area contributed by atoms with E-state index in [2.05, 4.69) is 4.98 Å². The summed E-state index contributed by atoms with van der Waals surface area (Å²) in [6, 6.07) is 8.00. The summed E-state index contributed by atoms with van der Waals surface area (Å²) in [5.41, 5.74) is 1.57. The Labute approximate surface area is 115 Å². The molecular formula is C14H12ClNO3. The van der Waals surface area contributed by atoms with Gasteiger partial charge in [0.15, 0.2) is 5.75 Å². The van der Waals surface area contributed by atoms with E-state index in [-0.39, 0.29) is 6.61 Å². The molecule has 0 atom stereocenters. The van der Waals surface area contributed by atoms with E-state index in [1.807, 2.05) is 0 Å². The number of aliphatic hydroxyl groups excluding tert-OH is 1. The molecule has 98 valence electrons. The molecule has 0 unspecified atom stereocenters. The van der Waals surface area contributed by atoms with Gasteiger partial charge in [-0.25, -0.2) is 4.79 Å². The highest BCUT2D eigenvalue weighted by molar-refractivity contribution is 6.30. The minimum Gasteiger partial charge on any atom is -0.421 e. The molecule has 0 saturated carbocycles. The summed E-state index contributed by atoms with van der Waals surface area (Å²) in [5, 5.41) is 9.59. The molecule has 1 aromatic heterocycles.